The zero-order valence-corrected chi connectivity index (χ0v) is 46.1. The van der Waals surface area contributed by atoms with Crippen molar-refractivity contribution in [1.82, 2.24) is 10.6 Å². The van der Waals surface area contributed by atoms with E-state index >= 15 is 0 Å². The fourth-order valence-corrected chi connectivity index (χ4v) is 9.94. The van der Waals surface area contributed by atoms with Crippen LogP contribution in [0.1, 0.15) is 188 Å². The van der Waals surface area contributed by atoms with Crippen LogP contribution in [0.25, 0.3) is 0 Å². The van der Waals surface area contributed by atoms with Crippen LogP contribution in [0, 0.1) is 0 Å². The van der Waals surface area contributed by atoms with Gasteiger partial charge in [-0.1, -0.05) is 154 Å². The lowest BCUT2D eigenvalue weighted by Gasteiger charge is -2.48. The van der Waals surface area contributed by atoms with Crippen molar-refractivity contribution in [3.8, 4) is 0 Å². The summed E-state index contributed by atoms with van der Waals surface area (Å²) in [6, 6.07) is -2.41. The molecule has 0 aromatic carbocycles. The van der Waals surface area contributed by atoms with Gasteiger partial charge in [-0.25, -0.2) is 0 Å². The van der Waals surface area contributed by atoms with Crippen LogP contribution in [0.3, 0.4) is 0 Å². The fourth-order valence-electron chi connectivity index (χ4n) is 9.94. The van der Waals surface area contributed by atoms with Crippen LogP contribution < -0.4 is 10.6 Å². The van der Waals surface area contributed by atoms with E-state index in [2.05, 4.69) is 36.6 Å². The van der Waals surface area contributed by atoms with Gasteiger partial charge in [-0.3, -0.25) is 9.59 Å². The number of unbranched alkanes of at least 4 members (excludes halogenated alkanes) is 22. The van der Waals surface area contributed by atoms with Crippen LogP contribution in [0.5, 0.6) is 0 Å². The Labute approximate surface area is 452 Å². The predicted octanol–water partition coefficient (Wildman–Crippen LogP) is 3.74. The Kier molecular flexibility index (Phi) is 35.8. The molecule has 3 heterocycles. The van der Waals surface area contributed by atoms with E-state index in [9.17, 15) is 60.7 Å². The van der Waals surface area contributed by atoms with E-state index in [-0.39, 0.29) is 18.9 Å². The van der Waals surface area contributed by atoms with Crippen molar-refractivity contribution < 1.29 is 89.1 Å². The number of amides is 2. The minimum absolute atomic E-state index is 0.230. The normalized spacial score (nSPS) is 31.0. The van der Waals surface area contributed by atoms with Gasteiger partial charge in [0.2, 0.25) is 11.8 Å². The first-order chi connectivity index (χ1) is 36.7. The minimum Gasteiger partial charge on any atom is -0.394 e. The molecule has 0 aromatic rings. The van der Waals surface area contributed by atoms with Crippen molar-refractivity contribution in [2.75, 3.05) is 26.4 Å². The van der Waals surface area contributed by atoms with E-state index in [0.717, 1.165) is 71.1 Å². The molecule has 3 fully saturated rings. The van der Waals surface area contributed by atoms with Crippen LogP contribution in [0.4, 0.5) is 0 Å². The van der Waals surface area contributed by atoms with Gasteiger partial charge in [0.25, 0.3) is 0 Å². The highest BCUT2D eigenvalue weighted by atomic mass is 16.8. The summed E-state index contributed by atoms with van der Waals surface area (Å²) < 4.78 is 34.8. The summed E-state index contributed by atoms with van der Waals surface area (Å²) in [6.07, 6.45) is 12.2. The zero-order valence-electron chi connectivity index (χ0n) is 46.1. The third kappa shape index (κ3) is 24.7. The molecule has 0 aliphatic carbocycles. The molecule has 0 radical (unpaired) electrons. The van der Waals surface area contributed by atoms with Crippen LogP contribution in [-0.2, 0) is 38.0 Å². The first-order valence-electron chi connectivity index (χ1n) is 29.1. The van der Waals surface area contributed by atoms with Gasteiger partial charge < -0.3 is 90.1 Å². The number of carbonyl (C=O) groups is 2. The molecular weight excluding hydrogens is 989 g/mol. The van der Waals surface area contributed by atoms with Crippen molar-refractivity contribution in [3.63, 3.8) is 0 Å². The van der Waals surface area contributed by atoms with Crippen LogP contribution in [-0.4, -0.2) is 194 Å². The fraction of sp³-hybridized carbons (Fsp3) is 0.893. The summed E-state index contributed by atoms with van der Waals surface area (Å²) in [4.78, 5) is 25.2. The molecule has 0 aromatic heterocycles. The first-order valence-corrected chi connectivity index (χ1v) is 29.1. The average molecular weight is 1090 g/mol. The first kappa shape index (κ1) is 68.1. The number of aliphatic hydroxyl groups excluding tert-OH is 10. The topological polar surface area (TPSA) is 316 Å². The standard InChI is InChI=1S/C56H102N2O18/c1-4-6-8-10-12-14-16-18-19-21-23-25-27-29-31-33-44(64)58-39(40(63)32-30-28-26-24-22-20-17-15-13-11-9-7-5-2)37-71-55-50(69)48(67)53(42(35-60)73-55)76-56-51(70)49(68)52(43(36-61)74-56)75-54-45(57-38(3)62)47(66)46(65)41(34-59)72-54/h18-19,30,32,39-43,45-56,59-61,63,65-70H,4-17,20-29,31,33-37H2,1-3H3,(H,57,62)(H,58,64)/b19-18-,32-30+/t39-,40+,41+,42+,43+,45+,46-,47+,48+,49+,50+,51+,52-,53+,54-,55+,56-/m0/s1. The van der Waals surface area contributed by atoms with E-state index in [1.54, 1.807) is 6.08 Å². The largest absolute Gasteiger partial charge is 0.394 e. The predicted molar refractivity (Wildman–Crippen MR) is 284 cm³/mol. The van der Waals surface area contributed by atoms with Crippen LogP contribution in [0.15, 0.2) is 24.3 Å². The van der Waals surface area contributed by atoms with Gasteiger partial charge >= 0.3 is 0 Å². The van der Waals surface area contributed by atoms with Gasteiger partial charge in [0.05, 0.1) is 38.6 Å². The summed E-state index contributed by atoms with van der Waals surface area (Å²) in [5.41, 5.74) is 0. The molecule has 2 amide bonds. The Balaban J connectivity index is 1.57. The van der Waals surface area contributed by atoms with Crippen molar-refractivity contribution in [2.24, 2.45) is 0 Å². The summed E-state index contributed by atoms with van der Waals surface area (Å²) in [7, 11) is 0. The number of allylic oxidation sites excluding steroid dienone is 3. The van der Waals surface area contributed by atoms with Crippen molar-refractivity contribution in [2.45, 2.75) is 292 Å². The van der Waals surface area contributed by atoms with Gasteiger partial charge in [-0.2, -0.15) is 0 Å². The maximum Gasteiger partial charge on any atom is 0.220 e. The van der Waals surface area contributed by atoms with Crippen molar-refractivity contribution >= 4 is 11.8 Å². The van der Waals surface area contributed by atoms with E-state index in [1.807, 2.05) is 6.08 Å². The minimum atomic E-state index is -1.99. The van der Waals surface area contributed by atoms with E-state index in [0.29, 0.717) is 6.42 Å². The number of ether oxygens (including phenoxy) is 6. The molecule has 3 saturated heterocycles. The average Bonchev–Trinajstić information content (AvgIpc) is 3.40. The number of hydrogen-bond acceptors (Lipinski definition) is 18. The van der Waals surface area contributed by atoms with Gasteiger partial charge in [0.1, 0.15) is 73.2 Å². The highest BCUT2D eigenvalue weighted by molar-refractivity contribution is 5.76. The molecule has 12 N–H and O–H groups in total. The Morgan fingerprint density at radius 1 is 0.513 bits per heavy atom. The Bertz CT molecular complexity index is 1560. The molecule has 3 aliphatic rings. The second kappa shape index (κ2) is 40.0. The summed E-state index contributed by atoms with van der Waals surface area (Å²) in [5, 5.41) is 113. The maximum absolute atomic E-state index is 13.3. The van der Waals surface area contributed by atoms with Crippen molar-refractivity contribution in [3.05, 3.63) is 24.3 Å². The molecule has 444 valence electrons. The third-order valence-electron chi connectivity index (χ3n) is 14.6. The molecule has 0 bridgehead atoms. The molecule has 0 unspecified atom stereocenters. The number of nitrogens with one attached hydrogen (secondary N) is 2. The lowest BCUT2D eigenvalue weighted by molar-refractivity contribution is -0.374. The van der Waals surface area contributed by atoms with Crippen LogP contribution in [0.2, 0.25) is 0 Å². The maximum atomic E-state index is 13.3. The summed E-state index contributed by atoms with van der Waals surface area (Å²) >= 11 is 0. The number of carbonyl (C=O) groups excluding carboxylic acids is 2. The second-order valence-electron chi connectivity index (χ2n) is 21.1. The summed E-state index contributed by atoms with van der Waals surface area (Å²) in [6.45, 7) is 2.79. The second-order valence-corrected chi connectivity index (χ2v) is 21.1. The number of aliphatic hydroxyl groups is 10. The Morgan fingerprint density at radius 3 is 1.42 bits per heavy atom. The molecular formula is C56H102N2O18. The van der Waals surface area contributed by atoms with E-state index < -0.39 is 130 Å². The Hall–Kier alpha value is -2.22. The van der Waals surface area contributed by atoms with Gasteiger partial charge in [0, 0.05) is 13.3 Å². The molecule has 3 aliphatic heterocycles. The highest BCUT2D eigenvalue weighted by Crippen LogP contribution is 2.33. The van der Waals surface area contributed by atoms with Gasteiger partial charge in [0.15, 0.2) is 18.9 Å². The van der Waals surface area contributed by atoms with Gasteiger partial charge in [-0.15, -0.1) is 0 Å². The van der Waals surface area contributed by atoms with Crippen molar-refractivity contribution in [1.29, 1.82) is 0 Å². The lowest BCUT2D eigenvalue weighted by Crippen LogP contribution is -2.68. The monoisotopic (exact) mass is 1090 g/mol. The molecule has 17 atom stereocenters. The molecule has 0 saturated carbocycles. The SMILES string of the molecule is CCCCCCCC/C=C\CCCCCCCC(=O)N[C@@H](CO[C@@H]1O[C@H](CO)[C@@H](O[C@@H]2O[C@H](CO)[C@H](O[C@@H]3O[C@H](CO)[C@H](O)[C@H](O)[C@H]3NC(C)=O)[C@H](O)[C@H]2O)[C@H](O)[C@H]1O)[C@H](O)/C=C/CCCCCCCCCCCCC. The smallest absolute Gasteiger partial charge is 0.220 e. The molecule has 0 spiro atoms. The molecule has 76 heavy (non-hydrogen) atoms. The molecule has 20 heteroatoms. The Morgan fingerprint density at radius 2 is 0.934 bits per heavy atom. The quantitative estimate of drug-likeness (QED) is 0.0307. The van der Waals surface area contributed by atoms with Gasteiger partial charge in [-0.05, 0) is 44.9 Å². The summed E-state index contributed by atoms with van der Waals surface area (Å²) in [5.74, 6) is -0.937. The molecule has 3 rings (SSSR count). The highest BCUT2D eigenvalue weighted by Gasteiger charge is 2.54. The number of rotatable bonds is 41. The third-order valence-corrected chi connectivity index (χ3v) is 14.6. The lowest BCUT2D eigenvalue weighted by atomic mass is 9.95. The van der Waals surface area contributed by atoms with E-state index in [1.165, 1.54) is 89.9 Å². The zero-order chi connectivity index (χ0) is 55.7. The van der Waals surface area contributed by atoms with E-state index in [4.69, 9.17) is 28.4 Å². The van der Waals surface area contributed by atoms with Crippen LogP contribution >= 0.6 is 0 Å². The molecule has 20 nitrogen and oxygen atoms in total. The number of hydrogen-bond donors (Lipinski definition) is 12.